The fraction of sp³-hybridized carbons (Fsp3) is 0.484. The number of urea groups is 1. The fourth-order valence-corrected chi connectivity index (χ4v) is 12.5. The second kappa shape index (κ2) is 30.2. The SMILES string of the molecule is COc1ccc([C@@]23Oc4cc(O[C@@H]5O[C@@H]([C@H](O)CO)CO[C@H]5OC)cc(OC)c4[C@]2(O)[C@H](O)[C@H](C(=O)NCCNC(=O)OCc2ccc(NC(=O)[C@H](CCCNC(N)=O)NC(=O)C4(C(=O)NCCCCCN5C(=O)C=CC5O)CCC4)cc2)[C@H]3c2ccccc2)cc1. The molecule has 1 unspecified atom stereocenters. The van der Waals surface area contributed by atoms with Crippen molar-refractivity contribution in [2.45, 2.75) is 118 Å². The van der Waals surface area contributed by atoms with E-state index in [-0.39, 0.29) is 93.8 Å². The summed E-state index contributed by atoms with van der Waals surface area (Å²) in [5.41, 5.74) is 1.21. The van der Waals surface area contributed by atoms with Crippen LogP contribution in [-0.4, -0.2) is 183 Å². The number of nitrogens with two attached hydrogens (primary N) is 1. The lowest BCUT2D eigenvalue weighted by molar-refractivity contribution is -0.324. The molecule has 28 heteroatoms. The van der Waals surface area contributed by atoms with Gasteiger partial charge in [-0.1, -0.05) is 61.0 Å². The number of hydrogen-bond acceptors (Lipinski definition) is 20. The molecule has 0 spiro atoms. The summed E-state index contributed by atoms with van der Waals surface area (Å²) in [6.45, 7) is -0.440. The van der Waals surface area contributed by atoms with Gasteiger partial charge in [-0.3, -0.25) is 24.0 Å². The first-order valence-electron chi connectivity index (χ1n) is 30.5. The van der Waals surface area contributed by atoms with Crippen LogP contribution in [0.2, 0.25) is 0 Å². The highest BCUT2D eigenvalue weighted by molar-refractivity contribution is 6.08. The second-order valence-corrected chi connectivity index (χ2v) is 23.0. The third-order valence-electron chi connectivity index (χ3n) is 17.4. The van der Waals surface area contributed by atoms with Crippen molar-refractivity contribution in [1.82, 2.24) is 31.5 Å². The van der Waals surface area contributed by atoms with Gasteiger partial charge in [0.05, 0.1) is 38.9 Å². The number of nitrogens with zero attached hydrogens (tertiary/aromatic N) is 1. The molecule has 3 fully saturated rings. The molecule has 3 aliphatic heterocycles. The number of ether oxygens (including phenoxy) is 8. The Kier molecular flexibility index (Phi) is 22.3. The van der Waals surface area contributed by atoms with Gasteiger partial charge in [0.25, 0.3) is 6.29 Å². The largest absolute Gasteiger partial charge is 0.497 e. The summed E-state index contributed by atoms with van der Waals surface area (Å²) in [6, 6.07) is 22.8. The maximum atomic E-state index is 14.8. The van der Waals surface area contributed by atoms with Gasteiger partial charge in [0.1, 0.15) is 65.6 Å². The molecule has 0 aromatic heterocycles. The van der Waals surface area contributed by atoms with Gasteiger partial charge in [-0.15, -0.1) is 0 Å². The number of anilines is 1. The van der Waals surface area contributed by atoms with Crippen molar-refractivity contribution in [3.05, 3.63) is 125 Å². The smallest absolute Gasteiger partial charge is 0.407 e. The number of benzene rings is 4. The number of carbonyl (C=O) groups excluding carboxylic acids is 7. The lowest BCUT2D eigenvalue weighted by atomic mass is 9.67. The predicted molar refractivity (Wildman–Crippen MR) is 325 cm³/mol. The van der Waals surface area contributed by atoms with E-state index in [1.165, 1.54) is 50.5 Å². The number of alkyl carbamates (subject to hydrolysis) is 1. The van der Waals surface area contributed by atoms with Crippen LogP contribution in [0.4, 0.5) is 15.3 Å². The van der Waals surface area contributed by atoms with Crippen molar-refractivity contribution in [3.8, 4) is 23.0 Å². The summed E-state index contributed by atoms with van der Waals surface area (Å²) in [5, 5.41) is 72.5. The molecule has 2 aliphatic carbocycles. The Labute approximate surface area is 530 Å². The third-order valence-corrected chi connectivity index (χ3v) is 17.4. The van der Waals surface area contributed by atoms with Gasteiger partial charge in [0.15, 0.2) is 11.2 Å². The average Bonchev–Trinajstić information content (AvgIpc) is 1.49. The molecule has 13 N–H and O–H groups in total. The second-order valence-electron chi connectivity index (χ2n) is 23.0. The monoisotopic (exact) mass is 1280 g/mol. The van der Waals surface area contributed by atoms with Gasteiger partial charge in [-0.25, -0.2) is 9.59 Å². The van der Waals surface area contributed by atoms with E-state index in [0.29, 0.717) is 60.4 Å². The number of carbonyl (C=O) groups is 7. The van der Waals surface area contributed by atoms with Gasteiger partial charge in [0, 0.05) is 69.6 Å². The Morgan fingerprint density at radius 2 is 1.53 bits per heavy atom. The molecule has 8 amide bonds. The number of nitrogens with one attached hydrogen (secondary N) is 6. The number of hydrogen-bond donors (Lipinski definition) is 12. The highest BCUT2D eigenvalue weighted by atomic mass is 16.8. The van der Waals surface area contributed by atoms with E-state index in [4.69, 9.17) is 43.6 Å². The maximum Gasteiger partial charge on any atom is 0.407 e. The molecule has 28 nitrogen and oxygen atoms in total. The average molecular weight is 1280 g/mol. The van der Waals surface area contributed by atoms with Gasteiger partial charge in [-0.2, -0.15) is 0 Å². The minimum absolute atomic E-state index is 0.000462. The summed E-state index contributed by atoms with van der Waals surface area (Å²) in [7, 11) is 4.21. The van der Waals surface area contributed by atoms with Gasteiger partial charge < -0.3 is 106 Å². The normalized spacial score (nSPS) is 24.7. The van der Waals surface area contributed by atoms with E-state index < -0.39 is 114 Å². The number of unbranched alkanes of at least 4 members (excludes halogenated alkanes) is 2. The number of rotatable bonds is 30. The fourth-order valence-electron chi connectivity index (χ4n) is 12.5. The zero-order chi connectivity index (χ0) is 65.7. The number of primary amides is 1. The van der Waals surface area contributed by atoms with E-state index in [1.807, 2.05) is 0 Å². The first kappa shape index (κ1) is 67.8. The Hall–Kier alpha value is -8.61. The van der Waals surface area contributed by atoms with E-state index >= 15 is 0 Å². The molecule has 496 valence electrons. The lowest BCUT2D eigenvalue weighted by Gasteiger charge is -2.40. The number of amides is 8. The van der Waals surface area contributed by atoms with Crippen molar-refractivity contribution in [1.29, 1.82) is 0 Å². The van der Waals surface area contributed by atoms with Crippen molar-refractivity contribution >= 4 is 47.3 Å². The van der Waals surface area contributed by atoms with Crippen LogP contribution in [0, 0.1) is 11.3 Å². The molecule has 0 radical (unpaired) electrons. The van der Waals surface area contributed by atoms with Crippen molar-refractivity contribution in [3.63, 3.8) is 0 Å². The number of methoxy groups -OCH3 is 3. The van der Waals surface area contributed by atoms with Crippen LogP contribution < -0.4 is 56.6 Å². The molecule has 4 aromatic carbocycles. The summed E-state index contributed by atoms with van der Waals surface area (Å²) in [6.07, 6.45) is -2.21. The molecular weight excluding hydrogens is 1200 g/mol. The van der Waals surface area contributed by atoms with Crippen LogP contribution in [0.25, 0.3) is 0 Å². The molecule has 5 aliphatic rings. The molecule has 1 saturated heterocycles. The highest BCUT2D eigenvalue weighted by Crippen LogP contribution is 2.70. The van der Waals surface area contributed by atoms with E-state index in [9.17, 15) is 59.1 Å². The molecule has 9 rings (SSSR count). The predicted octanol–water partition coefficient (Wildman–Crippen LogP) is 1.49. The zero-order valence-electron chi connectivity index (χ0n) is 51.2. The van der Waals surface area contributed by atoms with Crippen molar-refractivity contribution in [2.24, 2.45) is 17.1 Å². The molecular formula is C64H80N8O20. The standard InChI is InChI=1S/C64H80N8O20/c1-85-41-21-17-39(18-22-41)64-51(38-12-6-4-7-13-38)50(53(77)63(64,84)52-45(86-2)32-42(33-46(52)92-64)90-57-56(87-3)88-36-47(91-57)44(74)34-73)55(79)66-29-30-69-61(83)89-35-37-15-19-40(20-16-37)70-54(78)43(14-10-28-68-60(65)82)71-59(81)62(25-11-26-62)58(80)67-27-8-5-9-31-72-48(75)23-24-49(72)76/h4,6-7,12-13,15-24,32-33,43-44,47-48,50-51,53,56-57,73-75,77,84H,5,8-11,14,25-31,34-36H2,1-3H3,(H,66,79)(H,67,80)(H,69,83)(H,70,78)(H,71,81)(H3,65,68,82)/t43-,44+,47+,48?,50+,51+,53+,56+,57+,63-,64-/m0/s1. The Morgan fingerprint density at radius 1 is 0.804 bits per heavy atom. The number of fused-ring (bicyclic) bond motifs is 3. The van der Waals surface area contributed by atoms with E-state index in [1.54, 1.807) is 78.9 Å². The first-order valence-corrected chi connectivity index (χ1v) is 30.5. The van der Waals surface area contributed by atoms with Crippen LogP contribution in [0.15, 0.2) is 103 Å². The number of aliphatic hydroxyl groups is 5. The molecule has 11 atom stereocenters. The highest BCUT2D eigenvalue weighted by Gasteiger charge is 2.78. The van der Waals surface area contributed by atoms with Crippen LogP contribution in [0.1, 0.15) is 79.5 Å². The van der Waals surface area contributed by atoms with E-state index in [0.717, 1.165) is 0 Å². The minimum Gasteiger partial charge on any atom is -0.497 e. The van der Waals surface area contributed by atoms with Crippen LogP contribution in [-0.2, 0) is 60.7 Å². The molecule has 3 heterocycles. The molecule has 0 bridgehead atoms. The maximum absolute atomic E-state index is 14.8. The van der Waals surface area contributed by atoms with Gasteiger partial charge in [-0.05, 0) is 92.0 Å². The summed E-state index contributed by atoms with van der Waals surface area (Å²) in [4.78, 5) is 93.6. The molecule has 92 heavy (non-hydrogen) atoms. The summed E-state index contributed by atoms with van der Waals surface area (Å²) >= 11 is 0. The summed E-state index contributed by atoms with van der Waals surface area (Å²) < 4.78 is 47.2. The van der Waals surface area contributed by atoms with Crippen LogP contribution in [0.3, 0.4) is 0 Å². The molecule has 2 saturated carbocycles. The topological polar surface area (TPSA) is 396 Å². The summed E-state index contributed by atoms with van der Waals surface area (Å²) in [5.74, 6) is -4.58. The Morgan fingerprint density at radius 3 is 2.18 bits per heavy atom. The van der Waals surface area contributed by atoms with Gasteiger partial charge >= 0.3 is 12.1 Å². The van der Waals surface area contributed by atoms with Crippen molar-refractivity contribution in [2.75, 3.05) is 72.6 Å². The van der Waals surface area contributed by atoms with Gasteiger partial charge in [0.2, 0.25) is 35.8 Å². The minimum atomic E-state index is -2.43. The Balaban J connectivity index is 0.813. The Bertz CT molecular complexity index is 3280. The molecule has 4 aromatic rings. The van der Waals surface area contributed by atoms with Crippen molar-refractivity contribution < 1.29 is 97.0 Å². The zero-order valence-corrected chi connectivity index (χ0v) is 51.2. The van der Waals surface area contributed by atoms with Crippen LogP contribution >= 0.6 is 0 Å². The lowest BCUT2D eigenvalue weighted by Crippen LogP contribution is -2.58. The number of aliphatic hydroxyl groups excluding tert-OH is 4. The first-order chi connectivity index (χ1) is 44.3. The quantitative estimate of drug-likeness (QED) is 0.0260. The van der Waals surface area contributed by atoms with E-state index in [2.05, 4.69) is 31.9 Å². The third kappa shape index (κ3) is 14.4. The van der Waals surface area contributed by atoms with Crippen LogP contribution in [0.5, 0.6) is 23.0 Å².